The fraction of sp³-hybridized carbons (Fsp3) is 0.308. The summed E-state index contributed by atoms with van der Waals surface area (Å²) in [5.74, 6) is -1.34. The molecule has 0 aliphatic carbocycles. The summed E-state index contributed by atoms with van der Waals surface area (Å²) in [7, 11) is 0. The Morgan fingerprint density at radius 1 is 1.26 bits per heavy atom. The molecule has 2 amide bonds. The molecule has 0 radical (unpaired) electrons. The van der Waals surface area contributed by atoms with Gasteiger partial charge in [0.2, 0.25) is 11.8 Å². The van der Waals surface area contributed by atoms with Crippen molar-refractivity contribution in [3.8, 4) is 0 Å². The first-order valence-corrected chi connectivity index (χ1v) is 5.82. The summed E-state index contributed by atoms with van der Waals surface area (Å²) in [4.78, 5) is 32.8. The van der Waals surface area contributed by atoms with Gasteiger partial charge < -0.3 is 15.7 Å². The largest absolute Gasteiger partial charge is 0.481 e. The van der Waals surface area contributed by atoms with Crippen LogP contribution in [-0.2, 0) is 20.8 Å². The highest BCUT2D eigenvalue weighted by Crippen LogP contribution is 2.11. The lowest BCUT2D eigenvalue weighted by atomic mass is 10.1. The Hall–Kier alpha value is -2.37. The van der Waals surface area contributed by atoms with Crippen molar-refractivity contribution in [3.05, 3.63) is 29.8 Å². The number of hydrogen-bond donors (Lipinski definition) is 3. The molecule has 1 aromatic carbocycles. The first kappa shape index (κ1) is 14.7. The van der Waals surface area contributed by atoms with Gasteiger partial charge in [-0.15, -0.1) is 0 Å². The van der Waals surface area contributed by atoms with E-state index in [1.165, 1.54) is 6.92 Å². The minimum atomic E-state index is -0.922. The second-order valence-electron chi connectivity index (χ2n) is 4.05. The van der Waals surface area contributed by atoms with E-state index in [0.29, 0.717) is 11.3 Å². The Morgan fingerprint density at radius 3 is 2.63 bits per heavy atom. The van der Waals surface area contributed by atoms with Crippen LogP contribution >= 0.6 is 0 Å². The minimum Gasteiger partial charge on any atom is -0.481 e. The van der Waals surface area contributed by atoms with Gasteiger partial charge in [-0.3, -0.25) is 14.4 Å². The third-order valence-electron chi connectivity index (χ3n) is 2.29. The lowest BCUT2D eigenvalue weighted by molar-refractivity contribution is -0.136. The zero-order chi connectivity index (χ0) is 14.3. The second kappa shape index (κ2) is 7.15. The average molecular weight is 264 g/mol. The van der Waals surface area contributed by atoms with E-state index < -0.39 is 5.97 Å². The number of hydrogen-bond acceptors (Lipinski definition) is 3. The van der Waals surface area contributed by atoms with Crippen molar-refractivity contribution in [2.75, 3.05) is 11.9 Å². The van der Waals surface area contributed by atoms with Crippen LogP contribution in [0.1, 0.15) is 18.9 Å². The van der Waals surface area contributed by atoms with Crippen LogP contribution in [0.15, 0.2) is 24.3 Å². The summed E-state index contributed by atoms with van der Waals surface area (Å²) in [6.07, 6.45) is 0.0817. The molecule has 0 atom stereocenters. The Morgan fingerprint density at radius 2 is 2.00 bits per heavy atom. The summed E-state index contributed by atoms with van der Waals surface area (Å²) >= 11 is 0. The fourth-order valence-electron chi connectivity index (χ4n) is 1.51. The van der Waals surface area contributed by atoms with Gasteiger partial charge in [-0.25, -0.2) is 0 Å². The number of nitrogens with one attached hydrogen (secondary N) is 2. The third-order valence-corrected chi connectivity index (χ3v) is 2.29. The van der Waals surface area contributed by atoms with Crippen LogP contribution in [0.25, 0.3) is 0 Å². The quantitative estimate of drug-likeness (QED) is 0.707. The molecule has 0 aliphatic rings. The van der Waals surface area contributed by atoms with Gasteiger partial charge in [-0.1, -0.05) is 12.1 Å². The molecule has 6 nitrogen and oxygen atoms in total. The Labute approximate surface area is 110 Å². The summed E-state index contributed by atoms with van der Waals surface area (Å²) in [6, 6.07) is 6.66. The predicted octanol–water partition coefficient (Wildman–Crippen LogP) is 0.778. The Balaban J connectivity index is 2.49. The number of aliphatic carboxylic acids is 1. The van der Waals surface area contributed by atoms with Crippen LogP contribution in [0.2, 0.25) is 0 Å². The molecule has 0 heterocycles. The van der Waals surface area contributed by atoms with E-state index in [9.17, 15) is 14.4 Å². The fourth-order valence-corrected chi connectivity index (χ4v) is 1.51. The molecule has 19 heavy (non-hydrogen) atoms. The molecule has 0 aromatic heterocycles. The smallest absolute Gasteiger partial charge is 0.307 e. The molecule has 0 spiro atoms. The molecule has 0 fully saturated rings. The van der Waals surface area contributed by atoms with E-state index in [1.54, 1.807) is 24.3 Å². The molecular formula is C13H16N2O4. The van der Waals surface area contributed by atoms with Gasteiger partial charge in [-0.05, 0) is 17.7 Å². The van der Waals surface area contributed by atoms with Crippen molar-refractivity contribution in [2.24, 2.45) is 0 Å². The summed E-state index contributed by atoms with van der Waals surface area (Å²) < 4.78 is 0. The van der Waals surface area contributed by atoms with Crippen molar-refractivity contribution < 1.29 is 19.5 Å². The van der Waals surface area contributed by atoms with Gasteiger partial charge in [0.25, 0.3) is 0 Å². The molecule has 0 saturated heterocycles. The average Bonchev–Trinajstić information content (AvgIpc) is 2.27. The molecule has 0 aliphatic heterocycles. The third kappa shape index (κ3) is 6.21. The summed E-state index contributed by atoms with van der Waals surface area (Å²) in [5, 5.41) is 13.8. The first-order valence-electron chi connectivity index (χ1n) is 5.82. The number of amides is 2. The maximum Gasteiger partial charge on any atom is 0.307 e. The molecule has 0 unspecified atom stereocenters. The zero-order valence-corrected chi connectivity index (χ0v) is 10.6. The number of carboxylic acid groups (broad SMARTS) is 1. The highest BCUT2D eigenvalue weighted by Gasteiger charge is 2.05. The predicted molar refractivity (Wildman–Crippen MR) is 69.7 cm³/mol. The topological polar surface area (TPSA) is 95.5 Å². The van der Waals surface area contributed by atoms with E-state index in [4.69, 9.17) is 5.11 Å². The maximum atomic E-state index is 11.5. The van der Waals surface area contributed by atoms with E-state index in [-0.39, 0.29) is 31.2 Å². The van der Waals surface area contributed by atoms with Crippen molar-refractivity contribution in [3.63, 3.8) is 0 Å². The van der Waals surface area contributed by atoms with Crippen LogP contribution in [-0.4, -0.2) is 29.4 Å². The van der Waals surface area contributed by atoms with Crippen LogP contribution in [0.5, 0.6) is 0 Å². The van der Waals surface area contributed by atoms with Crippen LogP contribution in [0.3, 0.4) is 0 Å². The molecule has 1 rings (SSSR count). The molecule has 1 aromatic rings. The monoisotopic (exact) mass is 264 g/mol. The van der Waals surface area contributed by atoms with Crippen LogP contribution in [0.4, 0.5) is 5.69 Å². The van der Waals surface area contributed by atoms with E-state index >= 15 is 0 Å². The highest BCUT2D eigenvalue weighted by atomic mass is 16.4. The molecule has 0 saturated carbocycles. The highest BCUT2D eigenvalue weighted by molar-refractivity contribution is 5.91. The van der Waals surface area contributed by atoms with E-state index in [0.717, 1.165) is 0 Å². The Kier molecular flexibility index (Phi) is 5.53. The van der Waals surface area contributed by atoms with Gasteiger partial charge in [-0.2, -0.15) is 0 Å². The molecule has 3 N–H and O–H groups in total. The molecule has 102 valence electrons. The first-order chi connectivity index (χ1) is 8.97. The van der Waals surface area contributed by atoms with E-state index in [2.05, 4.69) is 10.6 Å². The van der Waals surface area contributed by atoms with Gasteiger partial charge in [0, 0.05) is 25.6 Å². The lowest BCUT2D eigenvalue weighted by Gasteiger charge is -2.07. The van der Waals surface area contributed by atoms with Crippen molar-refractivity contribution in [1.82, 2.24) is 5.32 Å². The normalized spacial score (nSPS) is 9.74. The van der Waals surface area contributed by atoms with Crippen molar-refractivity contribution in [2.45, 2.75) is 19.8 Å². The van der Waals surface area contributed by atoms with Crippen LogP contribution < -0.4 is 10.6 Å². The van der Waals surface area contributed by atoms with Gasteiger partial charge in [0.1, 0.15) is 0 Å². The molecular weight excluding hydrogens is 248 g/mol. The SMILES string of the molecule is CC(=O)NCCC(=O)Nc1cccc(CC(=O)O)c1. The number of rotatable bonds is 6. The van der Waals surface area contributed by atoms with Gasteiger partial charge in [0.05, 0.1) is 6.42 Å². The zero-order valence-electron chi connectivity index (χ0n) is 10.6. The van der Waals surface area contributed by atoms with Crippen LogP contribution in [0, 0.1) is 0 Å². The van der Waals surface area contributed by atoms with Crippen molar-refractivity contribution >= 4 is 23.5 Å². The van der Waals surface area contributed by atoms with E-state index in [1.807, 2.05) is 0 Å². The lowest BCUT2D eigenvalue weighted by Crippen LogP contribution is -2.25. The van der Waals surface area contributed by atoms with Gasteiger partial charge in [0.15, 0.2) is 0 Å². The number of carbonyl (C=O) groups is 3. The molecule has 6 heteroatoms. The van der Waals surface area contributed by atoms with Gasteiger partial charge >= 0.3 is 5.97 Å². The maximum absolute atomic E-state index is 11.5. The molecule has 0 bridgehead atoms. The summed E-state index contributed by atoms with van der Waals surface area (Å²) in [5.41, 5.74) is 1.17. The minimum absolute atomic E-state index is 0.0877. The summed E-state index contributed by atoms with van der Waals surface area (Å²) in [6.45, 7) is 1.66. The van der Waals surface area contributed by atoms with Crippen molar-refractivity contribution in [1.29, 1.82) is 0 Å². The standard InChI is InChI=1S/C13H16N2O4/c1-9(16)14-6-5-12(17)15-11-4-2-3-10(7-11)8-13(18)19/h2-4,7H,5-6,8H2,1H3,(H,14,16)(H,15,17)(H,18,19). The number of benzene rings is 1. The number of anilines is 1. The second-order valence-corrected chi connectivity index (χ2v) is 4.05. The Bertz CT molecular complexity index is 485. The number of carbonyl (C=O) groups excluding carboxylic acids is 2. The number of carboxylic acids is 1.